The van der Waals surface area contributed by atoms with E-state index in [1.807, 2.05) is 0 Å². The van der Waals surface area contributed by atoms with Crippen LogP contribution in [0.4, 0.5) is 0 Å². The molecule has 0 heterocycles. The molecule has 0 aromatic rings. The van der Waals surface area contributed by atoms with Crippen LogP contribution in [0.15, 0.2) is 5.10 Å². The standard InChI is InChI=1S/C19H33N3O/c1-13(16-7-6-14-4-2-3-5-17(14)12-16)21-22-19(23)15-8-10-18(20)11-9-15/h14-18H,2-12,20H2,1H3,(H,22,23)/b21-13+. The first-order valence-corrected chi connectivity index (χ1v) is 9.73. The van der Waals surface area contributed by atoms with Gasteiger partial charge in [0.2, 0.25) is 5.91 Å². The van der Waals surface area contributed by atoms with E-state index in [4.69, 9.17) is 5.73 Å². The number of hydrogen-bond donors (Lipinski definition) is 2. The molecule has 0 spiro atoms. The minimum Gasteiger partial charge on any atom is -0.328 e. The van der Waals surface area contributed by atoms with Crippen LogP contribution in [0, 0.1) is 23.7 Å². The number of carbonyl (C=O) groups is 1. The number of nitrogens with two attached hydrogens (primary N) is 1. The average molecular weight is 319 g/mol. The highest BCUT2D eigenvalue weighted by atomic mass is 16.2. The van der Waals surface area contributed by atoms with Crippen molar-refractivity contribution in [2.24, 2.45) is 34.5 Å². The topological polar surface area (TPSA) is 67.5 Å². The highest BCUT2D eigenvalue weighted by molar-refractivity contribution is 5.86. The Morgan fingerprint density at radius 2 is 1.57 bits per heavy atom. The fraction of sp³-hybridized carbons (Fsp3) is 0.895. The molecule has 3 rings (SSSR count). The molecule has 3 unspecified atom stereocenters. The summed E-state index contributed by atoms with van der Waals surface area (Å²) in [5.41, 5.74) is 9.89. The lowest BCUT2D eigenvalue weighted by Gasteiger charge is -2.39. The normalized spacial score (nSPS) is 38.7. The number of carbonyl (C=O) groups excluding carboxylic acids is 1. The van der Waals surface area contributed by atoms with E-state index in [1.165, 1.54) is 44.9 Å². The van der Waals surface area contributed by atoms with Gasteiger partial charge in [-0.2, -0.15) is 5.10 Å². The first-order valence-electron chi connectivity index (χ1n) is 9.73. The van der Waals surface area contributed by atoms with E-state index in [-0.39, 0.29) is 17.9 Å². The number of hydrogen-bond acceptors (Lipinski definition) is 3. The largest absolute Gasteiger partial charge is 0.328 e. The number of amides is 1. The van der Waals surface area contributed by atoms with Gasteiger partial charge in [0.05, 0.1) is 0 Å². The molecular formula is C19H33N3O. The Kier molecular flexibility index (Phi) is 5.73. The van der Waals surface area contributed by atoms with Gasteiger partial charge in [-0.3, -0.25) is 4.79 Å². The highest BCUT2D eigenvalue weighted by Gasteiger charge is 2.33. The van der Waals surface area contributed by atoms with Crippen molar-refractivity contribution in [2.45, 2.75) is 83.6 Å². The second-order valence-electron chi connectivity index (χ2n) is 8.16. The summed E-state index contributed by atoms with van der Waals surface area (Å²) in [5.74, 6) is 2.66. The molecule has 3 N–H and O–H groups in total. The van der Waals surface area contributed by atoms with Crippen molar-refractivity contribution in [1.29, 1.82) is 0 Å². The number of hydrazone groups is 1. The van der Waals surface area contributed by atoms with Crippen molar-refractivity contribution >= 4 is 11.6 Å². The molecule has 0 bridgehead atoms. The maximum absolute atomic E-state index is 12.3. The molecule has 0 aromatic carbocycles. The lowest BCUT2D eigenvalue weighted by molar-refractivity contribution is -0.126. The minimum atomic E-state index is 0.0996. The van der Waals surface area contributed by atoms with Crippen molar-refractivity contribution in [3.63, 3.8) is 0 Å². The second-order valence-corrected chi connectivity index (χ2v) is 8.16. The van der Waals surface area contributed by atoms with Crippen LogP contribution in [-0.4, -0.2) is 17.7 Å². The van der Waals surface area contributed by atoms with Gasteiger partial charge in [0.25, 0.3) is 0 Å². The van der Waals surface area contributed by atoms with Crippen LogP contribution < -0.4 is 11.2 Å². The summed E-state index contributed by atoms with van der Waals surface area (Å²) >= 11 is 0. The number of rotatable bonds is 3. The Bertz CT molecular complexity index is 440. The lowest BCUT2D eigenvalue weighted by Crippen LogP contribution is -2.35. The molecule has 130 valence electrons. The van der Waals surface area contributed by atoms with Crippen LogP contribution in [0.1, 0.15) is 77.6 Å². The Morgan fingerprint density at radius 1 is 0.913 bits per heavy atom. The molecule has 3 saturated carbocycles. The van der Waals surface area contributed by atoms with Gasteiger partial charge in [-0.05, 0) is 69.6 Å². The van der Waals surface area contributed by atoms with Crippen LogP contribution in [0.5, 0.6) is 0 Å². The Labute approximate surface area is 140 Å². The van der Waals surface area contributed by atoms with E-state index in [0.29, 0.717) is 5.92 Å². The molecule has 0 aromatic heterocycles. The van der Waals surface area contributed by atoms with E-state index in [2.05, 4.69) is 17.5 Å². The summed E-state index contributed by atoms with van der Waals surface area (Å²) in [6.45, 7) is 2.10. The van der Waals surface area contributed by atoms with E-state index in [9.17, 15) is 4.79 Å². The first kappa shape index (κ1) is 16.9. The minimum absolute atomic E-state index is 0.0996. The van der Waals surface area contributed by atoms with Gasteiger partial charge < -0.3 is 5.73 Å². The molecule has 0 radical (unpaired) electrons. The van der Waals surface area contributed by atoms with Gasteiger partial charge in [0.15, 0.2) is 0 Å². The van der Waals surface area contributed by atoms with Crippen LogP contribution in [0.25, 0.3) is 0 Å². The third-order valence-corrected chi connectivity index (χ3v) is 6.62. The molecule has 0 saturated heterocycles. The zero-order valence-corrected chi connectivity index (χ0v) is 14.6. The van der Waals surface area contributed by atoms with Gasteiger partial charge in [-0.25, -0.2) is 5.43 Å². The molecule has 4 nitrogen and oxygen atoms in total. The molecule has 3 fully saturated rings. The van der Waals surface area contributed by atoms with Gasteiger partial charge in [-0.1, -0.05) is 25.7 Å². The van der Waals surface area contributed by atoms with Crippen molar-refractivity contribution in [2.75, 3.05) is 0 Å². The van der Waals surface area contributed by atoms with Crippen LogP contribution >= 0.6 is 0 Å². The van der Waals surface area contributed by atoms with Gasteiger partial charge in [-0.15, -0.1) is 0 Å². The third-order valence-electron chi connectivity index (χ3n) is 6.62. The fourth-order valence-electron chi connectivity index (χ4n) is 4.96. The molecular weight excluding hydrogens is 286 g/mol. The monoisotopic (exact) mass is 319 g/mol. The van der Waals surface area contributed by atoms with Crippen molar-refractivity contribution < 1.29 is 4.79 Å². The number of fused-ring (bicyclic) bond motifs is 1. The number of nitrogens with one attached hydrogen (secondary N) is 1. The summed E-state index contributed by atoms with van der Waals surface area (Å²) in [5, 5.41) is 4.47. The van der Waals surface area contributed by atoms with Crippen molar-refractivity contribution in [3.05, 3.63) is 0 Å². The second kappa shape index (κ2) is 7.78. The summed E-state index contributed by atoms with van der Waals surface area (Å²) in [7, 11) is 0. The molecule has 0 aliphatic heterocycles. The molecule has 3 atom stereocenters. The molecule has 23 heavy (non-hydrogen) atoms. The first-order chi connectivity index (χ1) is 11.1. The van der Waals surface area contributed by atoms with Gasteiger partial charge in [0, 0.05) is 17.7 Å². The Hall–Kier alpha value is -0.900. The van der Waals surface area contributed by atoms with E-state index in [1.54, 1.807) is 0 Å². The van der Waals surface area contributed by atoms with Crippen molar-refractivity contribution in [3.8, 4) is 0 Å². The summed E-state index contributed by atoms with van der Waals surface area (Å²) in [4.78, 5) is 12.3. The average Bonchev–Trinajstić information content (AvgIpc) is 2.59. The van der Waals surface area contributed by atoms with Gasteiger partial charge >= 0.3 is 0 Å². The molecule has 1 amide bonds. The lowest BCUT2D eigenvalue weighted by atomic mass is 9.67. The maximum Gasteiger partial charge on any atom is 0.243 e. The summed E-state index contributed by atoms with van der Waals surface area (Å²) in [6, 6.07) is 0.287. The Morgan fingerprint density at radius 3 is 2.30 bits per heavy atom. The smallest absolute Gasteiger partial charge is 0.243 e. The highest BCUT2D eigenvalue weighted by Crippen LogP contribution is 2.42. The molecule has 3 aliphatic rings. The third kappa shape index (κ3) is 4.34. The van der Waals surface area contributed by atoms with Crippen molar-refractivity contribution in [1.82, 2.24) is 5.43 Å². The zero-order valence-electron chi connectivity index (χ0n) is 14.6. The van der Waals surface area contributed by atoms with Crippen LogP contribution in [-0.2, 0) is 4.79 Å². The van der Waals surface area contributed by atoms with Gasteiger partial charge in [0.1, 0.15) is 0 Å². The zero-order chi connectivity index (χ0) is 16.2. The Balaban J connectivity index is 1.48. The SMILES string of the molecule is C/C(=N\NC(=O)C1CCC(N)CC1)C1CCC2CCCCC2C1. The van der Waals surface area contributed by atoms with Crippen LogP contribution in [0.2, 0.25) is 0 Å². The quantitative estimate of drug-likeness (QED) is 0.616. The maximum atomic E-state index is 12.3. The van der Waals surface area contributed by atoms with E-state index < -0.39 is 0 Å². The predicted molar refractivity (Wildman–Crippen MR) is 94.0 cm³/mol. The molecule has 4 heteroatoms. The van der Waals surface area contributed by atoms with E-state index in [0.717, 1.165) is 43.2 Å². The summed E-state index contributed by atoms with van der Waals surface area (Å²) in [6.07, 6.45) is 13.3. The predicted octanol–water partition coefficient (Wildman–Crippen LogP) is 3.60. The van der Waals surface area contributed by atoms with E-state index >= 15 is 0 Å². The fourth-order valence-corrected chi connectivity index (χ4v) is 4.96. The molecule has 3 aliphatic carbocycles. The van der Waals surface area contributed by atoms with Crippen LogP contribution in [0.3, 0.4) is 0 Å². The summed E-state index contributed by atoms with van der Waals surface area (Å²) < 4.78 is 0. The number of nitrogens with zero attached hydrogens (tertiary/aromatic N) is 1.